The average molecular weight is 269 g/mol. The van der Waals surface area contributed by atoms with Crippen molar-refractivity contribution in [1.82, 2.24) is 4.90 Å². The van der Waals surface area contributed by atoms with E-state index in [9.17, 15) is 4.79 Å². The van der Waals surface area contributed by atoms with E-state index in [1.54, 1.807) is 0 Å². The minimum atomic E-state index is -0.418. The molecule has 0 spiro atoms. The molecule has 2 heterocycles. The van der Waals surface area contributed by atoms with E-state index in [2.05, 4.69) is 13.8 Å². The third-order valence-corrected chi connectivity index (χ3v) is 3.90. The summed E-state index contributed by atoms with van der Waals surface area (Å²) in [5, 5.41) is 0. The summed E-state index contributed by atoms with van der Waals surface area (Å²) in [5.41, 5.74) is -0.422. The molecule has 2 saturated heterocycles. The lowest BCUT2D eigenvalue weighted by atomic mass is 9.83. The fourth-order valence-corrected chi connectivity index (χ4v) is 2.94. The molecule has 0 N–H and O–H groups in total. The Kier molecular flexibility index (Phi) is 3.83. The molecule has 4 heteroatoms. The van der Waals surface area contributed by atoms with E-state index in [0.29, 0.717) is 12.0 Å². The molecule has 2 aliphatic rings. The first-order chi connectivity index (χ1) is 8.66. The Labute approximate surface area is 116 Å². The standard InChI is InChI=1S/C15H27NO3/c1-14(2,3)19-13(17)16-9-7-12-11(10-16)6-8-15(4,5)18-12/h11-12H,6-10H2,1-5H3/t11-,12-/m0/s1. The Balaban J connectivity index is 1.91. The van der Waals surface area contributed by atoms with Crippen LogP contribution in [0.1, 0.15) is 53.9 Å². The maximum Gasteiger partial charge on any atom is 0.410 e. The number of hydrogen-bond acceptors (Lipinski definition) is 3. The van der Waals surface area contributed by atoms with Crippen LogP contribution in [-0.2, 0) is 9.47 Å². The van der Waals surface area contributed by atoms with E-state index in [-0.39, 0.29) is 11.7 Å². The van der Waals surface area contributed by atoms with Crippen LogP contribution in [0.4, 0.5) is 4.79 Å². The van der Waals surface area contributed by atoms with Crippen molar-refractivity contribution in [1.29, 1.82) is 0 Å². The topological polar surface area (TPSA) is 38.8 Å². The molecule has 19 heavy (non-hydrogen) atoms. The van der Waals surface area contributed by atoms with Gasteiger partial charge >= 0.3 is 6.09 Å². The molecule has 2 atom stereocenters. The molecule has 2 rings (SSSR count). The normalized spacial score (nSPS) is 30.7. The van der Waals surface area contributed by atoms with Gasteiger partial charge in [0.05, 0.1) is 11.7 Å². The van der Waals surface area contributed by atoms with Crippen LogP contribution in [0.3, 0.4) is 0 Å². The maximum absolute atomic E-state index is 12.1. The highest BCUT2D eigenvalue weighted by molar-refractivity contribution is 5.68. The van der Waals surface area contributed by atoms with Crippen molar-refractivity contribution >= 4 is 6.09 Å². The lowest BCUT2D eigenvalue weighted by Crippen LogP contribution is -2.52. The number of hydrogen-bond donors (Lipinski definition) is 0. The van der Waals surface area contributed by atoms with Crippen LogP contribution < -0.4 is 0 Å². The molecule has 0 aromatic heterocycles. The van der Waals surface area contributed by atoms with E-state index in [0.717, 1.165) is 32.4 Å². The largest absolute Gasteiger partial charge is 0.444 e. The lowest BCUT2D eigenvalue weighted by molar-refractivity contribution is -0.153. The summed E-state index contributed by atoms with van der Waals surface area (Å²) in [5.74, 6) is 0.467. The molecule has 0 aromatic carbocycles. The number of rotatable bonds is 0. The monoisotopic (exact) mass is 269 g/mol. The fraction of sp³-hybridized carbons (Fsp3) is 0.933. The molecule has 1 amide bonds. The van der Waals surface area contributed by atoms with Gasteiger partial charge in [0.1, 0.15) is 5.60 Å². The summed E-state index contributed by atoms with van der Waals surface area (Å²) in [4.78, 5) is 13.9. The first kappa shape index (κ1) is 14.6. The van der Waals surface area contributed by atoms with Gasteiger partial charge in [0.2, 0.25) is 0 Å². The zero-order valence-corrected chi connectivity index (χ0v) is 12.9. The molecule has 4 nitrogen and oxygen atoms in total. The molecule has 0 radical (unpaired) electrons. The van der Waals surface area contributed by atoms with Crippen molar-refractivity contribution in [2.45, 2.75) is 71.2 Å². The highest BCUT2D eigenvalue weighted by Gasteiger charge is 2.40. The molecule has 0 aliphatic carbocycles. The van der Waals surface area contributed by atoms with Crippen LogP contribution in [-0.4, -0.2) is 41.4 Å². The minimum Gasteiger partial charge on any atom is -0.444 e. The SMILES string of the molecule is CC(C)(C)OC(=O)N1CC[C@@H]2OC(C)(C)CC[C@H]2C1. The van der Waals surface area contributed by atoms with Crippen LogP contribution >= 0.6 is 0 Å². The number of nitrogens with zero attached hydrogens (tertiary/aromatic N) is 1. The second kappa shape index (κ2) is 4.97. The van der Waals surface area contributed by atoms with Crippen LogP contribution in [0.5, 0.6) is 0 Å². The molecule has 110 valence electrons. The zero-order chi connectivity index (χ0) is 14.3. The Hall–Kier alpha value is -0.770. The summed E-state index contributed by atoms with van der Waals surface area (Å²) in [6.07, 6.45) is 3.25. The maximum atomic E-state index is 12.1. The molecular weight excluding hydrogens is 242 g/mol. The van der Waals surface area contributed by atoms with Gasteiger partial charge in [-0.2, -0.15) is 0 Å². The molecule has 0 saturated carbocycles. The number of piperidine rings is 1. The molecule has 0 bridgehead atoms. The van der Waals surface area contributed by atoms with Crippen LogP contribution in [0.15, 0.2) is 0 Å². The summed E-state index contributed by atoms with van der Waals surface area (Å²) >= 11 is 0. The predicted octanol–water partition coefficient (Wildman–Crippen LogP) is 3.20. The van der Waals surface area contributed by atoms with Crippen molar-refractivity contribution in [3.8, 4) is 0 Å². The zero-order valence-electron chi connectivity index (χ0n) is 12.9. The molecular formula is C15H27NO3. The number of amides is 1. The highest BCUT2D eigenvalue weighted by atomic mass is 16.6. The Morgan fingerprint density at radius 1 is 1.32 bits per heavy atom. The van der Waals surface area contributed by atoms with Crippen molar-refractivity contribution in [3.05, 3.63) is 0 Å². The number of carbonyl (C=O) groups is 1. The van der Waals surface area contributed by atoms with Gasteiger partial charge in [0.15, 0.2) is 0 Å². The average Bonchev–Trinajstić information content (AvgIpc) is 2.24. The Morgan fingerprint density at radius 2 is 2.00 bits per heavy atom. The summed E-state index contributed by atoms with van der Waals surface area (Å²) in [7, 11) is 0. The molecule has 2 fully saturated rings. The van der Waals surface area contributed by atoms with Gasteiger partial charge in [-0.3, -0.25) is 0 Å². The minimum absolute atomic E-state index is 0.00471. The second-order valence-electron chi connectivity index (χ2n) is 7.43. The highest BCUT2D eigenvalue weighted by Crippen LogP contribution is 2.36. The van der Waals surface area contributed by atoms with Gasteiger partial charge in [-0.1, -0.05) is 0 Å². The van der Waals surface area contributed by atoms with Crippen molar-refractivity contribution in [2.24, 2.45) is 5.92 Å². The first-order valence-electron chi connectivity index (χ1n) is 7.32. The fourth-order valence-electron chi connectivity index (χ4n) is 2.94. The van der Waals surface area contributed by atoms with Gasteiger partial charge in [-0.25, -0.2) is 4.79 Å². The van der Waals surface area contributed by atoms with Crippen molar-refractivity contribution in [2.75, 3.05) is 13.1 Å². The van der Waals surface area contributed by atoms with Crippen LogP contribution in [0.2, 0.25) is 0 Å². The smallest absolute Gasteiger partial charge is 0.410 e. The summed E-state index contributed by atoms with van der Waals surface area (Å²) < 4.78 is 11.6. The third-order valence-electron chi connectivity index (χ3n) is 3.90. The van der Waals surface area contributed by atoms with Gasteiger partial charge in [0, 0.05) is 19.0 Å². The van der Waals surface area contributed by atoms with Crippen LogP contribution in [0.25, 0.3) is 0 Å². The van der Waals surface area contributed by atoms with E-state index >= 15 is 0 Å². The molecule has 0 unspecified atom stereocenters. The van der Waals surface area contributed by atoms with Crippen LogP contribution in [0, 0.1) is 5.92 Å². The molecule has 0 aromatic rings. The Bertz CT molecular complexity index is 346. The molecule has 2 aliphatic heterocycles. The van der Waals surface area contributed by atoms with Gasteiger partial charge < -0.3 is 14.4 Å². The van der Waals surface area contributed by atoms with Gasteiger partial charge in [-0.05, 0) is 53.9 Å². The van der Waals surface area contributed by atoms with Crippen molar-refractivity contribution < 1.29 is 14.3 Å². The third kappa shape index (κ3) is 3.85. The van der Waals surface area contributed by atoms with Crippen molar-refractivity contribution in [3.63, 3.8) is 0 Å². The van der Waals surface area contributed by atoms with Gasteiger partial charge in [0.25, 0.3) is 0 Å². The lowest BCUT2D eigenvalue weighted by Gasteiger charge is -2.46. The number of carbonyl (C=O) groups excluding carboxylic acids is 1. The van der Waals surface area contributed by atoms with E-state index < -0.39 is 5.60 Å². The van der Waals surface area contributed by atoms with Gasteiger partial charge in [-0.15, -0.1) is 0 Å². The Morgan fingerprint density at radius 3 is 2.63 bits per heavy atom. The summed E-state index contributed by atoms with van der Waals surface area (Å²) in [6, 6.07) is 0. The quantitative estimate of drug-likeness (QED) is 0.678. The first-order valence-corrected chi connectivity index (χ1v) is 7.32. The van der Waals surface area contributed by atoms with E-state index in [4.69, 9.17) is 9.47 Å². The second-order valence-corrected chi connectivity index (χ2v) is 7.43. The van der Waals surface area contributed by atoms with E-state index in [1.165, 1.54) is 0 Å². The number of fused-ring (bicyclic) bond motifs is 1. The number of ether oxygens (including phenoxy) is 2. The van der Waals surface area contributed by atoms with E-state index in [1.807, 2.05) is 25.7 Å². The predicted molar refractivity (Wildman–Crippen MR) is 74.1 cm³/mol. The summed E-state index contributed by atoms with van der Waals surface area (Å²) in [6.45, 7) is 11.5. The number of likely N-dealkylation sites (tertiary alicyclic amines) is 1.